The lowest BCUT2D eigenvalue weighted by Gasteiger charge is -2.21. The first-order valence-corrected chi connectivity index (χ1v) is 9.94. The molecule has 0 radical (unpaired) electrons. The maximum atomic E-state index is 13.4. The third-order valence-electron chi connectivity index (χ3n) is 5.27. The Balaban J connectivity index is 1.86. The van der Waals surface area contributed by atoms with Crippen molar-refractivity contribution in [3.05, 3.63) is 76.2 Å². The van der Waals surface area contributed by atoms with Crippen LogP contribution in [0.4, 0.5) is 5.69 Å². The van der Waals surface area contributed by atoms with Crippen LogP contribution in [0.2, 0.25) is 0 Å². The number of esters is 1. The standard InChI is InChI=1S/C23H22N4O4/c1-4-18(22(29)24-17-11-7-5-9-15(17)23(30)31-3)27-19-12-8-6-10-16(19)21-25-20(28)13-14(2)26(21)27/h5-13,18H,4H2,1-3H3,(H,24,29). The Morgan fingerprint density at radius 3 is 2.58 bits per heavy atom. The van der Waals surface area contributed by atoms with Crippen LogP contribution in [-0.2, 0) is 9.53 Å². The first-order chi connectivity index (χ1) is 15.0. The number of amides is 1. The number of ether oxygens (including phenoxy) is 1. The van der Waals surface area contributed by atoms with Gasteiger partial charge in [0.15, 0.2) is 5.65 Å². The third-order valence-corrected chi connectivity index (χ3v) is 5.27. The van der Waals surface area contributed by atoms with Crippen molar-refractivity contribution in [2.75, 3.05) is 12.4 Å². The van der Waals surface area contributed by atoms with Gasteiger partial charge in [-0.05, 0) is 37.6 Å². The number of anilines is 1. The van der Waals surface area contributed by atoms with Crippen LogP contribution in [0.25, 0.3) is 16.6 Å². The number of carbonyl (C=O) groups is 2. The van der Waals surface area contributed by atoms with Gasteiger partial charge in [-0.15, -0.1) is 0 Å². The molecule has 158 valence electrons. The summed E-state index contributed by atoms with van der Waals surface area (Å²) in [6.07, 6.45) is 0.478. The van der Waals surface area contributed by atoms with Crippen molar-refractivity contribution in [1.29, 1.82) is 0 Å². The number of carbonyl (C=O) groups excluding carboxylic acids is 2. The van der Waals surface area contributed by atoms with E-state index in [1.165, 1.54) is 13.2 Å². The molecule has 0 aliphatic rings. The van der Waals surface area contributed by atoms with E-state index in [0.29, 0.717) is 23.4 Å². The van der Waals surface area contributed by atoms with Crippen LogP contribution in [-0.4, -0.2) is 33.2 Å². The molecule has 4 rings (SSSR count). The van der Waals surface area contributed by atoms with E-state index >= 15 is 0 Å². The molecular formula is C23H22N4O4. The van der Waals surface area contributed by atoms with Crippen molar-refractivity contribution >= 4 is 34.1 Å². The zero-order chi connectivity index (χ0) is 22.1. The number of aryl methyl sites for hydroxylation is 1. The van der Waals surface area contributed by atoms with Gasteiger partial charge in [0.25, 0.3) is 5.56 Å². The van der Waals surface area contributed by atoms with Gasteiger partial charge in [0.1, 0.15) is 6.04 Å². The highest BCUT2D eigenvalue weighted by molar-refractivity contribution is 6.03. The van der Waals surface area contributed by atoms with Crippen LogP contribution in [0.3, 0.4) is 0 Å². The summed E-state index contributed by atoms with van der Waals surface area (Å²) < 4.78 is 8.47. The van der Waals surface area contributed by atoms with Crippen LogP contribution in [0.5, 0.6) is 0 Å². The van der Waals surface area contributed by atoms with Gasteiger partial charge in [0, 0.05) is 17.1 Å². The van der Waals surface area contributed by atoms with Crippen molar-refractivity contribution in [2.24, 2.45) is 0 Å². The minimum Gasteiger partial charge on any atom is -0.465 e. The molecule has 1 N–H and O–H groups in total. The second-order valence-electron chi connectivity index (χ2n) is 7.18. The number of benzene rings is 2. The van der Waals surface area contributed by atoms with Crippen LogP contribution in [0, 0.1) is 6.92 Å². The Kier molecular flexibility index (Phi) is 5.29. The third kappa shape index (κ3) is 3.46. The average molecular weight is 418 g/mol. The Morgan fingerprint density at radius 2 is 1.84 bits per heavy atom. The lowest BCUT2D eigenvalue weighted by molar-refractivity contribution is -0.119. The summed E-state index contributed by atoms with van der Waals surface area (Å²) in [6.45, 7) is 3.71. The van der Waals surface area contributed by atoms with E-state index < -0.39 is 12.0 Å². The van der Waals surface area contributed by atoms with Gasteiger partial charge < -0.3 is 10.1 Å². The fourth-order valence-corrected chi connectivity index (χ4v) is 3.88. The SMILES string of the molecule is CCC(C(=O)Nc1ccccc1C(=O)OC)n1c2ccccc2c2nc(=O)cc(C)n21. The van der Waals surface area contributed by atoms with E-state index in [2.05, 4.69) is 10.3 Å². The fourth-order valence-electron chi connectivity index (χ4n) is 3.88. The Labute approximate surface area is 178 Å². The molecule has 2 aromatic carbocycles. The van der Waals surface area contributed by atoms with E-state index in [1.807, 2.05) is 42.8 Å². The monoisotopic (exact) mass is 418 g/mol. The van der Waals surface area contributed by atoms with Gasteiger partial charge in [0.05, 0.1) is 23.9 Å². The molecule has 0 saturated carbocycles. The minimum atomic E-state index is -0.615. The van der Waals surface area contributed by atoms with Crippen molar-refractivity contribution in [3.8, 4) is 0 Å². The first-order valence-electron chi connectivity index (χ1n) is 9.94. The molecule has 1 amide bonds. The second kappa shape index (κ2) is 8.06. The predicted molar refractivity (Wildman–Crippen MR) is 117 cm³/mol. The Hall–Kier alpha value is -3.94. The van der Waals surface area contributed by atoms with E-state index in [4.69, 9.17) is 4.74 Å². The Morgan fingerprint density at radius 1 is 1.13 bits per heavy atom. The smallest absolute Gasteiger partial charge is 0.339 e. The van der Waals surface area contributed by atoms with Gasteiger partial charge in [-0.25, -0.2) is 9.31 Å². The van der Waals surface area contributed by atoms with Crippen molar-refractivity contribution in [1.82, 2.24) is 14.2 Å². The molecule has 8 heteroatoms. The first kappa shape index (κ1) is 20.3. The molecule has 1 atom stereocenters. The molecule has 1 unspecified atom stereocenters. The highest BCUT2D eigenvalue weighted by atomic mass is 16.5. The van der Waals surface area contributed by atoms with Crippen molar-refractivity contribution in [2.45, 2.75) is 26.3 Å². The molecule has 4 aromatic rings. The summed E-state index contributed by atoms with van der Waals surface area (Å²) >= 11 is 0. The predicted octanol–water partition coefficient (Wildman–Crippen LogP) is 3.33. The zero-order valence-corrected chi connectivity index (χ0v) is 17.5. The largest absolute Gasteiger partial charge is 0.465 e. The van der Waals surface area contributed by atoms with E-state index in [9.17, 15) is 14.4 Å². The highest BCUT2D eigenvalue weighted by Gasteiger charge is 2.26. The molecule has 2 heterocycles. The van der Waals surface area contributed by atoms with Crippen LogP contribution in [0.1, 0.15) is 35.4 Å². The van der Waals surface area contributed by atoms with Gasteiger partial charge >= 0.3 is 5.97 Å². The number of hydrogen-bond donors (Lipinski definition) is 1. The molecule has 0 fully saturated rings. The zero-order valence-electron chi connectivity index (χ0n) is 17.5. The maximum Gasteiger partial charge on any atom is 0.339 e. The van der Waals surface area contributed by atoms with Gasteiger partial charge in [-0.2, -0.15) is 4.98 Å². The summed E-state index contributed by atoms with van der Waals surface area (Å²) in [6, 6.07) is 15.1. The van der Waals surface area contributed by atoms with Crippen LogP contribution < -0.4 is 10.9 Å². The van der Waals surface area contributed by atoms with E-state index in [-0.39, 0.29) is 17.0 Å². The summed E-state index contributed by atoms with van der Waals surface area (Å²) in [5.74, 6) is -0.821. The van der Waals surface area contributed by atoms with Crippen LogP contribution in [0.15, 0.2) is 59.4 Å². The lowest BCUT2D eigenvalue weighted by Crippen LogP contribution is -2.29. The minimum absolute atomic E-state index is 0.275. The molecule has 2 aromatic heterocycles. The molecule has 0 spiro atoms. The number of aromatic nitrogens is 3. The Bertz CT molecular complexity index is 1370. The second-order valence-corrected chi connectivity index (χ2v) is 7.18. The summed E-state index contributed by atoms with van der Waals surface area (Å²) in [7, 11) is 1.30. The van der Waals surface area contributed by atoms with Crippen molar-refractivity contribution < 1.29 is 14.3 Å². The molecule has 0 saturated heterocycles. The number of rotatable bonds is 5. The molecular weight excluding hydrogens is 396 g/mol. The maximum absolute atomic E-state index is 13.4. The van der Waals surface area contributed by atoms with Crippen molar-refractivity contribution in [3.63, 3.8) is 0 Å². The number of hydrogen-bond acceptors (Lipinski definition) is 5. The molecule has 31 heavy (non-hydrogen) atoms. The van der Waals surface area contributed by atoms with E-state index in [1.54, 1.807) is 28.8 Å². The molecule has 8 nitrogen and oxygen atoms in total. The van der Waals surface area contributed by atoms with Crippen LogP contribution >= 0.6 is 0 Å². The number of nitrogens with one attached hydrogen (secondary N) is 1. The number of methoxy groups -OCH3 is 1. The summed E-state index contributed by atoms with van der Waals surface area (Å²) in [5.41, 5.74) is 2.28. The summed E-state index contributed by atoms with van der Waals surface area (Å²) in [5, 5.41) is 3.65. The number of para-hydroxylation sites is 2. The number of nitrogens with zero attached hydrogens (tertiary/aromatic N) is 3. The van der Waals surface area contributed by atoms with Gasteiger partial charge in [-0.3, -0.25) is 14.3 Å². The highest BCUT2D eigenvalue weighted by Crippen LogP contribution is 2.28. The van der Waals surface area contributed by atoms with Gasteiger partial charge in [-0.1, -0.05) is 31.2 Å². The molecule has 0 aliphatic carbocycles. The molecule has 0 aliphatic heterocycles. The average Bonchev–Trinajstić information content (AvgIpc) is 3.09. The molecule has 0 bridgehead atoms. The lowest BCUT2D eigenvalue weighted by atomic mass is 10.1. The normalized spacial score (nSPS) is 12.1. The number of fused-ring (bicyclic) bond motifs is 3. The van der Waals surface area contributed by atoms with E-state index in [0.717, 1.165) is 10.9 Å². The summed E-state index contributed by atoms with van der Waals surface area (Å²) in [4.78, 5) is 41.7. The quantitative estimate of drug-likeness (QED) is 0.502. The topological polar surface area (TPSA) is 94.7 Å². The fraction of sp³-hybridized carbons (Fsp3) is 0.217. The van der Waals surface area contributed by atoms with Gasteiger partial charge in [0.2, 0.25) is 5.91 Å².